The van der Waals surface area contributed by atoms with Crippen molar-refractivity contribution in [1.82, 2.24) is 0 Å². The smallest absolute Gasteiger partial charge is 0.303 e. The first-order chi connectivity index (χ1) is 8.24. The Labute approximate surface area is 109 Å². The lowest BCUT2D eigenvalue weighted by Crippen LogP contribution is -2.00. The Balaban J connectivity index is 2.16. The molecule has 17 heavy (non-hydrogen) atoms. The van der Waals surface area contributed by atoms with E-state index in [0.717, 1.165) is 17.7 Å². The molecule has 0 fully saturated rings. The molecular formula is C13H10BrO2P. The van der Waals surface area contributed by atoms with E-state index in [-0.39, 0.29) is 0 Å². The van der Waals surface area contributed by atoms with Crippen LogP contribution in [0.5, 0.6) is 0 Å². The minimum absolute atomic E-state index is 0.735. The van der Waals surface area contributed by atoms with Gasteiger partial charge in [-0.15, -0.1) is 0 Å². The maximum atomic E-state index is 9.27. The topological polar surface area (TPSA) is 29.5 Å². The first kappa shape index (κ1) is 11.2. The summed E-state index contributed by atoms with van der Waals surface area (Å²) in [4.78, 5) is 9.27. The van der Waals surface area contributed by atoms with Gasteiger partial charge in [0.05, 0.1) is 0 Å². The van der Waals surface area contributed by atoms with Crippen LogP contribution in [0.1, 0.15) is 11.1 Å². The summed E-state index contributed by atoms with van der Waals surface area (Å²) in [5.41, 5.74) is 2.41. The van der Waals surface area contributed by atoms with E-state index in [1.807, 2.05) is 12.1 Å². The molecule has 0 saturated carbocycles. The Morgan fingerprint density at radius 2 is 1.94 bits per heavy atom. The fraction of sp³-hybridized carbons (Fsp3) is 0.0769. The Hall–Kier alpha value is -0.890. The van der Waals surface area contributed by atoms with Crippen LogP contribution in [0.3, 0.4) is 0 Å². The molecule has 1 aliphatic carbocycles. The third-order valence-corrected chi connectivity index (χ3v) is 3.72. The molecule has 1 N–H and O–H groups in total. The van der Waals surface area contributed by atoms with Crippen LogP contribution >= 0.6 is 22.6 Å². The summed E-state index contributed by atoms with van der Waals surface area (Å²) >= 11 is 3.04. The molecule has 2 aromatic rings. The van der Waals surface area contributed by atoms with Crippen LogP contribution in [0.15, 0.2) is 42.2 Å². The summed E-state index contributed by atoms with van der Waals surface area (Å²) in [6, 6.07) is 12.5. The number of rotatable bonds is 2. The molecule has 4 heteroatoms. The normalized spacial score (nSPS) is 15.5. The lowest BCUT2D eigenvalue weighted by Gasteiger charge is -2.18. The highest BCUT2D eigenvalue weighted by Gasteiger charge is 2.15. The molecule has 2 aromatic carbocycles. The molecule has 1 aliphatic rings. The van der Waals surface area contributed by atoms with Crippen molar-refractivity contribution in [2.45, 2.75) is 6.42 Å². The maximum Gasteiger partial charge on any atom is 0.303 e. The van der Waals surface area contributed by atoms with Crippen molar-refractivity contribution in [3.05, 3.63) is 53.3 Å². The molecule has 0 spiro atoms. The average molecular weight is 309 g/mol. The van der Waals surface area contributed by atoms with Crippen LogP contribution in [0, 0.1) is 0 Å². The van der Waals surface area contributed by atoms with Crippen molar-refractivity contribution in [1.29, 1.82) is 0 Å². The number of allylic oxidation sites excluding steroid dienone is 1. The Bertz CT molecular complexity index is 602. The summed E-state index contributed by atoms with van der Waals surface area (Å²) in [5, 5.41) is 2.54. The van der Waals surface area contributed by atoms with Gasteiger partial charge in [-0.2, -0.15) is 0 Å². The van der Waals surface area contributed by atoms with E-state index in [9.17, 15) is 4.89 Å². The van der Waals surface area contributed by atoms with Crippen molar-refractivity contribution in [3.8, 4) is 0 Å². The molecule has 0 radical (unpaired) electrons. The van der Waals surface area contributed by atoms with Crippen molar-refractivity contribution >= 4 is 39.4 Å². The van der Waals surface area contributed by atoms with Crippen molar-refractivity contribution in [2.75, 3.05) is 0 Å². The van der Waals surface area contributed by atoms with Crippen LogP contribution < -0.4 is 0 Å². The second-order valence-corrected chi connectivity index (χ2v) is 6.42. The van der Waals surface area contributed by atoms with Gasteiger partial charge in [-0.3, -0.25) is 0 Å². The SMILES string of the molecule is OP(Br)OC1=Cc2cccc3cccc(c23)C1. The molecule has 0 amide bonds. The van der Waals surface area contributed by atoms with Crippen LogP contribution in [0.2, 0.25) is 0 Å². The van der Waals surface area contributed by atoms with Crippen LogP contribution in [0.25, 0.3) is 16.8 Å². The third-order valence-electron chi connectivity index (χ3n) is 2.90. The molecule has 3 rings (SSSR count). The van der Waals surface area contributed by atoms with Gasteiger partial charge < -0.3 is 9.42 Å². The zero-order valence-electron chi connectivity index (χ0n) is 8.93. The van der Waals surface area contributed by atoms with E-state index < -0.39 is 7.08 Å². The summed E-state index contributed by atoms with van der Waals surface area (Å²) in [5.74, 6) is 0.807. The van der Waals surface area contributed by atoms with Gasteiger partial charge in [0.1, 0.15) is 5.76 Å². The summed E-state index contributed by atoms with van der Waals surface area (Å²) < 4.78 is 5.38. The predicted octanol–water partition coefficient (Wildman–Crippen LogP) is 4.37. The molecule has 0 aromatic heterocycles. The molecule has 86 valence electrons. The molecule has 1 unspecified atom stereocenters. The van der Waals surface area contributed by atoms with Crippen LogP contribution in [-0.4, -0.2) is 4.89 Å². The Morgan fingerprint density at radius 3 is 2.71 bits per heavy atom. The van der Waals surface area contributed by atoms with E-state index in [4.69, 9.17) is 4.52 Å². The first-order valence-electron chi connectivity index (χ1n) is 5.28. The van der Waals surface area contributed by atoms with Crippen LogP contribution in [0.4, 0.5) is 0 Å². The van der Waals surface area contributed by atoms with Gasteiger partial charge >= 0.3 is 7.08 Å². The van der Waals surface area contributed by atoms with Gasteiger partial charge in [-0.1, -0.05) is 36.4 Å². The molecule has 0 bridgehead atoms. The molecule has 0 saturated heterocycles. The quantitative estimate of drug-likeness (QED) is 0.835. The fourth-order valence-corrected chi connectivity index (χ4v) is 3.15. The van der Waals surface area contributed by atoms with E-state index in [1.54, 1.807) is 0 Å². The van der Waals surface area contributed by atoms with Gasteiger partial charge in [0.2, 0.25) is 0 Å². The largest absolute Gasteiger partial charge is 0.444 e. The van der Waals surface area contributed by atoms with Gasteiger partial charge in [0.15, 0.2) is 0 Å². The van der Waals surface area contributed by atoms with E-state index in [0.29, 0.717) is 0 Å². The summed E-state index contributed by atoms with van der Waals surface area (Å²) in [7, 11) is -1.53. The average Bonchev–Trinajstić information content (AvgIpc) is 2.28. The van der Waals surface area contributed by atoms with Gasteiger partial charge in [-0.05, 0) is 28.0 Å². The van der Waals surface area contributed by atoms with Gasteiger partial charge in [0, 0.05) is 21.9 Å². The summed E-state index contributed by atoms with van der Waals surface area (Å²) in [6.45, 7) is 0. The number of benzene rings is 2. The second-order valence-electron chi connectivity index (χ2n) is 3.97. The van der Waals surface area contributed by atoms with Crippen molar-refractivity contribution < 1.29 is 9.42 Å². The zero-order chi connectivity index (χ0) is 11.8. The monoisotopic (exact) mass is 308 g/mol. The predicted molar refractivity (Wildman–Crippen MR) is 74.8 cm³/mol. The lowest BCUT2D eigenvalue weighted by atomic mass is 9.92. The Morgan fingerprint density at radius 1 is 1.18 bits per heavy atom. The first-order valence-corrected chi connectivity index (χ1v) is 8.51. The zero-order valence-corrected chi connectivity index (χ0v) is 11.4. The van der Waals surface area contributed by atoms with E-state index >= 15 is 0 Å². The Kier molecular flexibility index (Phi) is 2.91. The minimum atomic E-state index is -1.53. The number of hydrogen-bond acceptors (Lipinski definition) is 2. The van der Waals surface area contributed by atoms with Crippen molar-refractivity contribution in [3.63, 3.8) is 0 Å². The summed E-state index contributed by atoms with van der Waals surface area (Å²) in [6.07, 6.45) is 2.74. The lowest BCUT2D eigenvalue weighted by molar-refractivity contribution is 0.412. The van der Waals surface area contributed by atoms with E-state index in [1.165, 1.54) is 16.3 Å². The van der Waals surface area contributed by atoms with Crippen molar-refractivity contribution in [2.24, 2.45) is 0 Å². The fourth-order valence-electron chi connectivity index (χ4n) is 2.28. The highest BCUT2D eigenvalue weighted by atomic mass is 79.9. The molecule has 0 heterocycles. The molecule has 2 nitrogen and oxygen atoms in total. The molecular weight excluding hydrogens is 299 g/mol. The molecule has 0 aliphatic heterocycles. The third kappa shape index (κ3) is 2.11. The highest BCUT2D eigenvalue weighted by molar-refractivity contribution is 9.38. The number of halogens is 1. The van der Waals surface area contributed by atoms with Crippen LogP contribution in [-0.2, 0) is 10.9 Å². The molecule has 1 atom stereocenters. The standard InChI is InChI=1S/C13H10BrO2P/c14-17(15)16-12-7-10-5-1-3-9-4-2-6-11(8-12)13(9)10/h1-7,15H,8H2. The number of hydrogen-bond donors (Lipinski definition) is 1. The van der Waals surface area contributed by atoms with Gasteiger partial charge in [-0.25, -0.2) is 0 Å². The second kappa shape index (κ2) is 4.41. The highest BCUT2D eigenvalue weighted by Crippen LogP contribution is 2.45. The maximum absolute atomic E-state index is 9.27. The van der Waals surface area contributed by atoms with Gasteiger partial charge in [0.25, 0.3) is 0 Å². The van der Waals surface area contributed by atoms with E-state index in [2.05, 4.69) is 45.8 Å². The minimum Gasteiger partial charge on any atom is -0.444 e.